The summed E-state index contributed by atoms with van der Waals surface area (Å²) < 4.78 is 17.9. The Morgan fingerprint density at radius 2 is 1.73 bits per heavy atom. The monoisotopic (exact) mass is 393 g/mol. The minimum Gasteiger partial charge on any atom is -0.455 e. The van der Waals surface area contributed by atoms with Crippen LogP contribution in [0.5, 0.6) is 0 Å². The van der Waals surface area contributed by atoms with Crippen molar-refractivity contribution >= 4 is 28.3 Å². The first-order valence-electron chi connectivity index (χ1n) is 9.09. The van der Waals surface area contributed by atoms with E-state index in [0.29, 0.717) is 28.0 Å². The van der Waals surface area contributed by atoms with Crippen LogP contribution < -0.4 is 5.32 Å². The van der Waals surface area contributed by atoms with E-state index in [9.17, 15) is 9.00 Å². The van der Waals surface area contributed by atoms with E-state index in [1.54, 1.807) is 24.3 Å². The zero-order valence-electron chi connectivity index (χ0n) is 14.7. The van der Waals surface area contributed by atoms with Crippen LogP contribution in [0.3, 0.4) is 0 Å². The largest absolute Gasteiger partial charge is 0.455 e. The van der Waals surface area contributed by atoms with E-state index < -0.39 is 10.8 Å². The van der Waals surface area contributed by atoms with Crippen molar-refractivity contribution in [1.82, 2.24) is 5.32 Å². The van der Waals surface area contributed by atoms with Gasteiger partial charge in [0.15, 0.2) is 5.76 Å². The number of hydrogen-bond donors (Lipinski definition) is 1. The van der Waals surface area contributed by atoms with Gasteiger partial charge < -0.3 is 9.73 Å². The van der Waals surface area contributed by atoms with Gasteiger partial charge in [-0.2, -0.15) is 0 Å². The van der Waals surface area contributed by atoms with Crippen molar-refractivity contribution in [2.45, 2.75) is 56.1 Å². The maximum atomic E-state index is 12.4. The van der Waals surface area contributed by atoms with Crippen LogP contribution in [0, 0.1) is 0 Å². The Hall–Kier alpha value is -1.59. The SMILES string of the molecule is O=C(NC1CCCCCC1)c1ccc(CS(=O)Cc2ccc(Cl)cc2)o1. The summed E-state index contributed by atoms with van der Waals surface area (Å²) in [7, 11) is -1.11. The van der Waals surface area contributed by atoms with Gasteiger partial charge in [0.1, 0.15) is 5.76 Å². The molecule has 4 nitrogen and oxygen atoms in total. The number of nitrogens with one attached hydrogen (secondary N) is 1. The lowest BCUT2D eigenvalue weighted by molar-refractivity contribution is 0.0904. The highest BCUT2D eigenvalue weighted by atomic mass is 35.5. The summed E-state index contributed by atoms with van der Waals surface area (Å²) in [5.74, 6) is 1.42. The van der Waals surface area contributed by atoms with Crippen LogP contribution in [0.2, 0.25) is 5.02 Å². The minimum absolute atomic E-state index is 0.174. The molecule has 1 amide bonds. The molecule has 1 unspecified atom stereocenters. The van der Waals surface area contributed by atoms with Crippen LogP contribution in [0.25, 0.3) is 0 Å². The van der Waals surface area contributed by atoms with Gasteiger partial charge in [-0.15, -0.1) is 0 Å². The molecular formula is C20H24ClNO3S. The fourth-order valence-electron chi connectivity index (χ4n) is 3.23. The Morgan fingerprint density at radius 3 is 2.42 bits per heavy atom. The van der Waals surface area contributed by atoms with E-state index in [4.69, 9.17) is 16.0 Å². The van der Waals surface area contributed by atoms with Crippen molar-refractivity contribution < 1.29 is 13.4 Å². The number of halogens is 1. The zero-order chi connectivity index (χ0) is 18.4. The van der Waals surface area contributed by atoms with Gasteiger partial charge in [-0.3, -0.25) is 9.00 Å². The van der Waals surface area contributed by atoms with Gasteiger partial charge in [-0.25, -0.2) is 0 Å². The number of furan rings is 1. The van der Waals surface area contributed by atoms with Gasteiger partial charge in [-0.1, -0.05) is 49.4 Å². The number of carbonyl (C=O) groups excluding carboxylic acids is 1. The van der Waals surface area contributed by atoms with Crippen LogP contribution in [-0.2, 0) is 22.3 Å². The third-order valence-corrected chi connectivity index (χ3v) is 6.13. The van der Waals surface area contributed by atoms with E-state index in [-0.39, 0.29) is 11.9 Å². The second kappa shape index (κ2) is 9.38. The summed E-state index contributed by atoms with van der Waals surface area (Å²) in [6.45, 7) is 0. The average molecular weight is 394 g/mol. The molecule has 0 aliphatic heterocycles. The van der Waals surface area contributed by atoms with Crippen LogP contribution >= 0.6 is 11.6 Å². The Morgan fingerprint density at radius 1 is 1.04 bits per heavy atom. The Balaban J connectivity index is 1.52. The van der Waals surface area contributed by atoms with E-state index in [1.165, 1.54) is 12.8 Å². The maximum absolute atomic E-state index is 12.4. The van der Waals surface area contributed by atoms with Crippen molar-refractivity contribution in [2.24, 2.45) is 0 Å². The first-order valence-corrected chi connectivity index (χ1v) is 11.0. The molecule has 6 heteroatoms. The molecule has 0 saturated heterocycles. The van der Waals surface area contributed by atoms with Gasteiger partial charge in [0.2, 0.25) is 0 Å². The number of rotatable bonds is 6. The lowest BCUT2D eigenvalue weighted by atomic mass is 10.1. The normalized spacial score (nSPS) is 16.8. The predicted molar refractivity (Wildman–Crippen MR) is 105 cm³/mol. The molecule has 0 radical (unpaired) electrons. The second-order valence-corrected chi connectivity index (χ2v) is 8.68. The van der Waals surface area contributed by atoms with E-state index in [0.717, 1.165) is 31.2 Å². The zero-order valence-corrected chi connectivity index (χ0v) is 16.3. The van der Waals surface area contributed by atoms with Gasteiger partial charge >= 0.3 is 0 Å². The topological polar surface area (TPSA) is 59.3 Å². The molecule has 140 valence electrons. The Kier molecular flexibility index (Phi) is 6.92. The first kappa shape index (κ1) is 19.2. The molecule has 1 aliphatic rings. The summed E-state index contributed by atoms with van der Waals surface area (Å²) in [6.07, 6.45) is 6.89. The van der Waals surface area contributed by atoms with Gasteiger partial charge in [0.25, 0.3) is 5.91 Å². The second-order valence-electron chi connectivity index (χ2n) is 6.78. The number of benzene rings is 1. The van der Waals surface area contributed by atoms with Crippen molar-refractivity contribution in [3.05, 3.63) is 58.5 Å². The molecule has 1 aliphatic carbocycles. The van der Waals surface area contributed by atoms with Crippen LogP contribution in [0.4, 0.5) is 0 Å². The summed E-state index contributed by atoms with van der Waals surface area (Å²) in [5.41, 5.74) is 0.964. The third kappa shape index (κ3) is 5.71. The average Bonchev–Trinajstić information content (AvgIpc) is 2.93. The Bertz CT molecular complexity index is 749. The summed E-state index contributed by atoms with van der Waals surface area (Å²) >= 11 is 5.86. The minimum atomic E-state index is -1.11. The highest BCUT2D eigenvalue weighted by Crippen LogP contribution is 2.19. The van der Waals surface area contributed by atoms with E-state index >= 15 is 0 Å². The smallest absolute Gasteiger partial charge is 0.287 e. The van der Waals surface area contributed by atoms with E-state index in [2.05, 4.69) is 5.32 Å². The molecule has 1 atom stereocenters. The molecule has 1 saturated carbocycles. The summed E-state index contributed by atoms with van der Waals surface area (Å²) in [5, 5.41) is 3.73. The highest BCUT2D eigenvalue weighted by molar-refractivity contribution is 7.83. The third-order valence-electron chi connectivity index (χ3n) is 4.62. The van der Waals surface area contributed by atoms with Gasteiger partial charge in [0.05, 0.1) is 5.75 Å². The molecule has 0 bridgehead atoms. The van der Waals surface area contributed by atoms with E-state index in [1.807, 2.05) is 12.1 Å². The van der Waals surface area contributed by atoms with Crippen LogP contribution in [-0.4, -0.2) is 16.2 Å². The lowest BCUT2D eigenvalue weighted by Crippen LogP contribution is -2.34. The molecule has 2 aromatic rings. The number of amides is 1. The lowest BCUT2D eigenvalue weighted by Gasteiger charge is -2.14. The molecule has 1 aromatic heterocycles. The van der Waals surface area contributed by atoms with Gasteiger partial charge in [0, 0.05) is 27.6 Å². The predicted octanol–water partition coefficient (Wildman–Crippen LogP) is 4.83. The molecular weight excluding hydrogens is 370 g/mol. The Labute approximate surface area is 161 Å². The molecule has 1 N–H and O–H groups in total. The number of hydrogen-bond acceptors (Lipinski definition) is 3. The summed E-state index contributed by atoms with van der Waals surface area (Å²) in [4.78, 5) is 12.4. The number of carbonyl (C=O) groups is 1. The molecule has 1 heterocycles. The first-order chi connectivity index (χ1) is 12.6. The molecule has 3 rings (SSSR count). The fourth-order valence-corrected chi connectivity index (χ4v) is 4.50. The molecule has 1 fully saturated rings. The van der Waals surface area contributed by atoms with Crippen molar-refractivity contribution in [3.8, 4) is 0 Å². The van der Waals surface area contributed by atoms with Crippen molar-refractivity contribution in [3.63, 3.8) is 0 Å². The van der Waals surface area contributed by atoms with Crippen molar-refractivity contribution in [2.75, 3.05) is 0 Å². The quantitative estimate of drug-likeness (QED) is 0.714. The molecule has 26 heavy (non-hydrogen) atoms. The summed E-state index contributed by atoms with van der Waals surface area (Å²) in [6, 6.07) is 11.0. The fraction of sp³-hybridized carbons (Fsp3) is 0.450. The highest BCUT2D eigenvalue weighted by Gasteiger charge is 2.18. The van der Waals surface area contributed by atoms with Gasteiger partial charge in [-0.05, 0) is 42.7 Å². The molecule has 0 spiro atoms. The molecule has 1 aromatic carbocycles. The van der Waals surface area contributed by atoms with Crippen LogP contribution in [0.15, 0.2) is 40.8 Å². The van der Waals surface area contributed by atoms with Crippen molar-refractivity contribution in [1.29, 1.82) is 0 Å². The maximum Gasteiger partial charge on any atom is 0.287 e. The van der Waals surface area contributed by atoms with Crippen LogP contribution in [0.1, 0.15) is 60.4 Å². The standard InChI is InChI=1S/C20H24ClNO3S/c21-16-9-7-15(8-10-16)13-26(24)14-18-11-12-19(25-18)20(23)22-17-5-3-1-2-4-6-17/h7-12,17H,1-6,13-14H2,(H,22,23).